The topological polar surface area (TPSA) is 97.6 Å². The number of ether oxygens (including phenoxy) is 2. The van der Waals surface area contributed by atoms with E-state index in [9.17, 15) is 13.6 Å². The van der Waals surface area contributed by atoms with Crippen molar-refractivity contribution < 1.29 is 23.0 Å². The number of carbonyl (C=O) groups is 1. The van der Waals surface area contributed by atoms with Gasteiger partial charge in [-0.15, -0.1) is 0 Å². The van der Waals surface area contributed by atoms with Crippen LogP contribution in [0.3, 0.4) is 0 Å². The number of benzene rings is 3. The van der Waals surface area contributed by atoms with E-state index >= 15 is 0 Å². The molecule has 0 atom stereocenters. The van der Waals surface area contributed by atoms with E-state index in [2.05, 4.69) is 10.3 Å². The molecule has 6 rings (SSSR count). The van der Waals surface area contributed by atoms with Crippen LogP contribution in [-0.4, -0.2) is 64.3 Å². The average Bonchev–Trinajstić information content (AvgIpc) is 3.66. The number of likely N-dealkylation sites (N-methyl/N-ethyl adjacent to an activating group) is 2. The molecular weight excluding hydrogens is 556 g/mol. The Morgan fingerprint density at radius 1 is 0.930 bits per heavy atom. The van der Waals surface area contributed by atoms with Crippen LogP contribution in [0.4, 0.5) is 20.5 Å². The quantitative estimate of drug-likeness (QED) is 0.252. The van der Waals surface area contributed by atoms with Gasteiger partial charge in [-0.1, -0.05) is 24.3 Å². The number of anilines is 2. The first-order valence-corrected chi connectivity index (χ1v) is 13.7. The zero-order valence-electron chi connectivity index (χ0n) is 23.6. The Morgan fingerprint density at radius 2 is 1.72 bits per heavy atom. The van der Waals surface area contributed by atoms with Gasteiger partial charge in [0.15, 0.2) is 28.5 Å². The SMILES string of the molecule is CN(CCN(C)c1nc(NCc2ccc3c(c2)OCO3)c2ncn(Cc3ccc(F)cc3)c2n1)C(=O)c1cccc(F)c1. The van der Waals surface area contributed by atoms with Gasteiger partial charge in [-0.05, 0) is 53.6 Å². The molecule has 3 aromatic carbocycles. The molecule has 43 heavy (non-hydrogen) atoms. The molecule has 0 aliphatic carbocycles. The highest BCUT2D eigenvalue weighted by atomic mass is 19.1. The minimum Gasteiger partial charge on any atom is -0.454 e. The molecular formula is C31H29F2N7O3. The lowest BCUT2D eigenvalue weighted by atomic mass is 10.2. The second kappa shape index (κ2) is 11.9. The Hall–Kier alpha value is -5.26. The van der Waals surface area contributed by atoms with Gasteiger partial charge in [0.2, 0.25) is 12.7 Å². The van der Waals surface area contributed by atoms with Crippen molar-refractivity contribution in [1.29, 1.82) is 0 Å². The Labute approximate surface area is 246 Å². The number of aromatic nitrogens is 4. The maximum atomic E-state index is 13.6. The second-order valence-electron chi connectivity index (χ2n) is 10.2. The van der Waals surface area contributed by atoms with Crippen molar-refractivity contribution >= 4 is 28.8 Å². The molecule has 0 unspecified atom stereocenters. The molecule has 12 heteroatoms. The van der Waals surface area contributed by atoms with Crippen LogP contribution in [0, 0.1) is 11.6 Å². The molecule has 0 radical (unpaired) electrons. The highest BCUT2D eigenvalue weighted by molar-refractivity contribution is 5.94. The summed E-state index contributed by atoms with van der Waals surface area (Å²) in [4.78, 5) is 30.4. The zero-order chi connectivity index (χ0) is 29.9. The van der Waals surface area contributed by atoms with E-state index in [-0.39, 0.29) is 24.1 Å². The number of rotatable bonds is 10. The van der Waals surface area contributed by atoms with Crippen LogP contribution in [0.25, 0.3) is 11.2 Å². The molecule has 0 fully saturated rings. The van der Waals surface area contributed by atoms with Crippen LogP contribution in [0.2, 0.25) is 0 Å². The van der Waals surface area contributed by atoms with Gasteiger partial charge in [0, 0.05) is 39.3 Å². The van der Waals surface area contributed by atoms with Gasteiger partial charge in [-0.25, -0.2) is 13.8 Å². The second-order valence-corrected chi connectivity index (χ2v) is 10.2. The van der Waals surface area contributed by atoms with Crippen molar-refractivity contribution in [3.05, 3.63) is 101 Å². The normalized spacial score (nSPS) is 12.0. The number of carbonyl (C=O) groups excluding carboxylic acids is 1. The molecule has 1 amide bonds. The third-order valence-corrected chi connectivity index (χ3v) is 7.15. The summed E-state index contributed by atoms with van der Waals surface area (Å²) in [5, 5.41) is 3.39. The van der Waals surface area contributed by atoms with E-state index in [4.69, 9.17) is 19.4 Å². The molecule has 2 aromatic heterocycles. The summed E-state index contributed by atoms with van der Waals surface area (Å²) in [5.41, 5.74) is 3.31. The molecule has 1 aliphatic heterocycles. The molecule has 5 aromatic rings. The first-order valence-electron chi connectivity index (χ1n) is 13.7. The summed E-state index contributed by atoms with van der Waals surface area (Å²) in [5.74, 6) is 1.30. The van der Waals surface area contributed by atoms with E-state index in [0.717, 1.165) is 11.1 Å². The van der Waals surface area contributed by atoms with Gasteiger partial charge < -0.3 is 29.2 Å². The fourth-order valence-electron chi connectivity index (χ4n) is 4.71. The maximum absolute atomic E-state index is 13.6. The monoisotopic (exact) mass is 585 g/mol. The molecule has 0 saturated heterocycles. The van der Waals surface area contributed by atoms with Gasteiger partial charge in [0.1, 0.15) is 11.6 Å². The minimum absolute atomic E-state index is 0.197. The summed E-state index contributed by atoms with van der Waals surface area (Å²) < 4.78 is 39.9. The number of hydrogen-bond acceptors (Lipinski definition) is 8. The van der Waals surface area contributed by atoms with Crippen LogP contribution in [-0.2, 0) is 13.1 Å². The lowest BCUT2D eigenvalue weighted by Gasteiger charge is -2.23. The Kier molecular flexibility index (Phi) is 7.73. The van der Waals surface area contributed by atoms with Crippen LogP contribution >= 0.6 is 0 Å². The van der Waals surface area contributed by atoms with Gasteiger partial charge >= 0.3 is 0 Å². The predicted octanol–water partition coefficient (Wildman–Crippen LogP) is 4.70. The predicted molar refractivity (Wildman–Crippen MR) is 157 cm³/mol. The van der Waals surface area contributed by atoms with Crippen molar-refractivity contribution in [2.75, 3.05) is 44.2 Å². The van der Waals surface area contributed by atoms with E-state index in [1.165, 1.54) is 35.2 Å². The third-order valence-electron chi connectivity index (χ3n) is 7.15. The number of imidazole rings is 1. The first kappa shape index (κ1) is 27.9. The minimum atomic E-state index is -0.462. The van der Waals surface area contributed by atoms with E-state index < -0.39 is 5.82 Å². The van der Waals surface area contributed by atoms with Gasteiger partial charge in [-0.2, -0.15) is 9.97 Å². The number of fused-ring (bicyclic) bond motifs is 2. The van der Waals surface area contributed by atoms with Crippen LogP contribution in [0.15, 0.2) is 73.1 Å². The van der Waals surface area contributed by atoms with E-state index in [0.29, 0.717) is 60.6 Å². The fourth-order valence-corrected chi connectivity index (χ4v) is 4.71. The molecule has 220 valence electrons. The maximum Gasteiger partial charge on any atom is 0.253 e. The summed E-state index contributed by atoms with van der Waals surface area (Å²) >= 11 is 0. The van der Waals surface area contributed by atoms with Crippen molar-refractivity contribution in [1.82, 2.24) is 24.4 Å². The van der Waals surface area contributed by atoms with Crippen LogP contribution in [0.5, 0.6) is 11.5 Å². The first-order chi connectivity index (χ1) is 20.8. The summed E-state index contributed by atoms with van der Waals surface area (Å²) in [6.07, 6.45) is 1.68. The van der Waals surface area contributed by atoms with Crippen molar-refractivity contribution in [2.24, 2.45) is 0 Å². The Bertz CT molecular complexity index is 1780. The number of nitrogens with zero attached hydrogens (tertiary/aromatic N) is 6. The molecule has 1 N–H and O–H groups in total. The molecule has 1 aliphatic rings. The molecule has 10 nitrogen and oxygen atoms in total. The highest BCUT2D eigenvalue weighted by Crippen LogP contribution is 2.33. The van der Waals surface area contributed by atoms with Gasteiger partial charge in [0.05, 0.1) is 12.9 Å². The van der Waals surface area contributed by atoms with E-state index in [1.807, 2.05) is 34.7 Å². The molecule has 0 bridgehead atoms. The zero-order valence-corrected chi connectivity index (χ0v) is 23.6. The number of amides is 1. The summed E-state index contributed by atoms with van der Waals surface area (Å²) in [7, 11) is 3.51. The van der Waals surface area contributed by atoms with Crippen molar-refractivity contribution in [3.8, 4) is 11.5 Å². The molecule has 0 spiro atoms. The highest BCUT2D eigenvalue weighted by Gasteiger charge is 2.19. The van der Waals surface area contributed by atoms with Crippen LogP contribution in [0.1, 0.15) is 21.5 Å². The van der Waals surface area contributed by atoms with Crippen molar-refractivity contribution in [3.63, 3.8) is 0 Å². The summed E-state index contributed by atoms with van der Waals surface area (Å²) in [6.45, 7) is 1.84. The lowest BCUT2D eigenvalue weighted by Crippen LogP contribution is -2.35. The number of hydrogen-bond donors (Lipinski definition) is 1. The lowest BCUT2D eigenvalue weighted by molar-refractivity contribution is 0.0798. The molecule has 3 heterocycles. The van der Waals surface area contributed by atoms with E-state index in [1.54, 1.807) is 31.6 Å². The summed E-state index contributed by atoms with van der Waals surface area (Å²) in [6, 6.07) is 17.6. The molecule has 0 saturated carbocycles. The van der Waals surface area contributed by atoms with Crippen LogP contribution < -0.4 is 19.7 Å². The van der Waals surface area contributed by atoms with Gasteiger partial charge in [0.25, 0.3) is 5.91 Å². The fraction of sp³-hybridized carbons (Fsp3) is 0.226. The largest absolute Gasteiger partial charge is 0.454 e. The average molecular weight is 586 g/mol. The van der Waals surface area contributed by atoms with Gasteiger partial charge in [-0.3, -0.25) is 4.79 Å². The smallest absolute Gasteiger partial charge is 0.253 e. The Morgan fingerprint density at radius 3 is 2.53 bits per heavy atom. The number of nitrogens with one attached hydrogen (secondary N) is 1. The van der Waals surface area contributed by atoms with Crippen molar-refractivity contribution in [2.45, 2.75) is 13.1 Å². The standard InChI is InChI=1S/C31H29F2N7O3/c1-38(30(41)22-4-3-5-24(33)15-22)12-13-39(2)31-36-28(34-16-21-8-11-25-26(14-21)43-19-42-25)27-29(37-31)40(18-35-27)17-20-6-9-23(32)10-7-20/h3-11,14-15,18H,12-13,16-17,19H2,1-2H3,(H,34,36,37). The third kappa shape index (κ3) is 6.17. The Balaban J connectivity index is 1.25. The number of halogens is 2.